The number of nitrogens with zero attached hydrogens (tertiary/aromatic N) is 3. The van der Waals surface area contributed by atoms with Crippen LogP contribution in [-0.2, 0) is 11.8 Å². The predicted molar refractivity (Wildman–Crippen MR) is 122 cm³/mol. The van der Waals surface area contributed by atoms with Crippen molar-refractivity contribution < 1.29 is 18.9 Å². The maximum absolute atomic E-state index is 9.85. The smallest absolute Gasteiger partial charge is 0.168 e. The zero-order valence-corrected chi connectivity index (χ0v) is 19.5. The van der Waals surface area contributed by atoms with Gasteiger partial charge in [0.05, 0.1) is 40.6 Å². The molecule has 2 aromatic carbocycles. The van der Waals surface area contributed by atoms with E-state index in [0.29, 0.717) is 35.7 Å². The van der Waals surface area contributed by atoms with Gasteiger partial charge < -0.3 is 23.8 Å². The fourth-order valence-electron chi connectivity index (χ4n) is 3.59. The third-order valence-electron chi connectivity index (χ3n) is 5.58. The van der Waals surface area contributed by atoms with Crippen LogP contribution in [-0.4, -0.2) is 53.5 Å². The topological polar surface area (TPSA) is 87.7 Å². The molecule has 0 bridgehead atoms. The van der Waals surface area contributed by atoms with Crippen molar-refractivity contribution in [1.29, 1.82) is 10.5 Å². The summed E-state index contributed by atoms with van der Waals surface area (Å²) in [4.78, 5) is 2.20. The Hall–Kier alpha value is -3.42. The van der Waals surface area contributed by atoms with Crippen molar-refractivity contribution in [1.82, 2.24) is 4.90 Å². The average Bonchev–Trinajstić information content (AvgIpc) is 2.84. The second kappa shape index (κ2) is 11.8. The minimum Gasteiger partial charge on any atom is -0.493 e. The lowest BCUT2D eigenvalue weighted by Crippen LogP contribution is -2.27. The Morgan fingerprint density at radius 1 is 0.781 bits per heavy atom. The number of benzene rings is 2. The van der Waals surface area contributed by atoms with E-state index in [1.165, 1.54) is 7.11 Å². The Kier molecular flexibility index (Phi) is 9.19. The average molecular weight is 438 g/mol. The number of hydrogen-bond acceptors (Lipinski definition) is 7. The zero-order valence-electron chi connectivity index (χ0n) is 19.5. The molecule has 0 unspecified atom stereocenters. The molecule has 0 saturated heterocycles. The highest BCUT2D eigenvalue weighted by Crippen LogP contribution is 2.35. The quantitative estimate of drug-likeness (QED) is 0.497. The molecule has 170 valence electrons. The molecule has 0 radical (unpaired) electrons. The molecule has 0 amide bonds. The number of methoxy groups -OCH3 is 4. The molecule has 0 aliphatic heterocycles. The molecular formula is C25H31N3O4. The molecule has 0 fully saturated rings. The minimum atomic E-state index is -1.23. The summed E-state index contributed by atoms with van der Waals surface area (Å²) in [6.45, 7) is 1.61. The van der Waals surface area contributed by atoms with Crippen LogP contribution in [0.1, 0.15) is 24.0 Å². The molecule has 0 N–H and O–H groups in total. The largest absolute Gasteiger partial charge is 0.493 e. The lowest BCUT2D eigenvalue weighted by molar-refractivity contribution is 0.322. The number of nitriles is 2. The van der Waals surface area contributed by atoms with Crippen molar-refractivity contribution in [3.63, 3.8) is 0 Å². The third kappa shape index (κ3) is 5.84. The molecule has 0 spiro atoms. The summed E-state index contributed by atoms with van der Waals surface area (Å²) in [5.41, 5.74) is 0.542. The molecule has 0 heterocycles. The van der Waals surface area contributed by atoms with Crippen LogP contribution in [0.15, 0.2) is 36.4 Å². The van der Waals surface area contributed by atoms with E-state index >= 15 is 0 Å². The van der Waals surface area contributed by atoms with Crippen LogP contribution < -0.4 is 18.9 Å². The van der Waals surface area contributed by atoms with Gasteiger partial charge in [0.25, 0.3) is 0 Å². The number of rotatable bonds is 12. The van der Waals surface area contributed by atoms with Crippen molar-refractivity contribution >= 4 is 0 Å². The summed E-state index contributed by atoms with van der Waals surface area (Å²) in [5.74, 6) is 2.50. The van der Waals surface area contributed by atoms with Crippen LogP contribution >= 0.6 is 0 Å². The van der Waals surface area contributed by atoms with Gasteiger partial charge in [-0.05, 0) is 68.2 Å². The molecule has 0 aromatic heterocycles. The van der Waals surface area contributed by atoms with Gasteiger partial charge in [-0.2, -0.15) is 10.5 Å². The normalized spacial score (nSPS) is 10.9. The van der Waals surface area contributed by atoms with Crippen molar-refractivity contribution in [2.45, 2.75) is 24.7 Å². The highest BCUT2D eigenvalue weighted by Gasteiger charge is 2.33. The van der Waals surface area contributed by atoms with E-state index in [-0.39, 0.29) is 0 Å². The van der Waals surface area contributed by atoms with Gasteiger partial charge in [0.1, 0.15) is 0 Å². The predicted octanol–water partition coefficient (Wildman–Crippen LogP) is 3.96. The van der Waals surface area contributed by atoms with Gasteiger partial charge >= 0.3 is 0 Å². The first-order valence-corrected chi connectivity index (χ1v) is 10.4. The fourth-order valence-corrected chi connectivity index (χ4v) is 3.59. The van der Waals surface area contributed by atoms with Crippen LogP contribution in [0.5, 0.6) is 23.0 Å². The molecule has 7 heteroatoms. The second-order valence-corrected chi connectivity index (χ2v) is 7.54. The number of likely N-dealkylation sites (N-methyl/N-ethyl adjacent to an activating group) is 1. The van der Waals surface area contributed by atoms with Crippen LogP contribution in [0, 0.1) is 22.7 Å². The SMILES string of the molecule is COc1ccc(CCN(C)CCCC(C#N)(C#N)c2ccc(OC)c(OC)c2)cc1OC. The monoisotopic (exact) mass is 437 g/mol. The molecular weight excluding hydrogens is 406 g/mol. The lowest BCUT2D eigenvalue weighted by Gasteiger charge is -2.22. The molecule has 7 nitrogen and oxygen atoms in total. The molecule has 0 aliphatic carbocycles. The molecule has 2 aromatic rings. The third-order valence-corrected chi connectivity index (χ3v) is 5.58. The summed E-state index contributed by atoms with van der Waals surface area (Å²) >= 11 is 0. The van der Waals surface area contributed by atoms with E-state index in [1.54, 1.807) is 39.5 Å². The molecule has 0 aliphatic rings. The van der Waals surface area contributed by atoms with Crippen molar-refractivity contribution in [3.05, 3.63) is 47.5 Å². The van der Waals surface area contributed by atoms with E-state index in [4.69, 9.17) is 18.9 Å². The van der Waals surface area contributed by atoms with E-state index in [2.05, 4.69) is 17.0 Å². The van der Waals surface area contributed by atoms with Gasteiger partial charge in [0.2, 0.25) is 0 Å². The first kappa shape index (κ1) is 24.8. The second-order valence-electron chi connectivity index (χ2n) is 7.54. The van der Waals surface area contributed by atoms with Crippen LogP contribution in [0.25, 0.3) is 0 Å². The fraction of sp³-hybridized carbons (Fsp3) is 0.440. The van der Waals surface area contributed by atoms with E-state index < -0.39 is 5.41 Å². The molecule has 0 atom stereocenters. The highest BCUT2D eigenvalue weighted by atomic mass is 16.5. The van der Waals surface area contributed by atoms with Gasteiger partial charge in [-0.3, -0.25) is 0 Å². The Bertz CT molecular complexity index is 964. The Balaban J connectivity index is 1.98. The Morgan fingerprint density at radius 2 is 1.34 bits per heavy atom. The summed E-state index contributed by atoms with van der Waals surface area (Å²) in [6.07, 6.45) is 1.99. The van der Waals surface area contributed by atoms with Crippen LogP contribution in [0.2, 0.25) is 0 Å². The maximum Gasteiger partial charge on any atom is 0.168 e. The van der Waals surface area contributed by atoms with E-state index in [0.717, 1.165) is 30.8 Å². The van der Waals surface area contributed by atoms with Gasteiger partial charge in [-0.15, -0.1) is 0 Å². The summed E-state index contributed by atoms with van der Waals surface area (Å²) in [7, 11) is 8.38. The summed E-state index contributed by atoms with van der Waals surface area (Å²) in [5, 5.41) is 19.7. The van der Waals surface area contributed by atoms with Crippen molar-refractivity contribution in [2.24, 2.45) is 0 Å². The van der Waals surface area contributed by atoms with Crippen molar-refractivity contribution in [2.75, 3.05) is 48.6 Å². The minimum absolute atomic E-state index is 0.427. The number of hydrogen-bond donors (Lipinski definition) is 0. The highest BCUT2D eigenvalue weighted by molar-refractivity contribution is 5.50. The van der Waals surface area contributed by atoms with E-state index in [9.17, 15) is 10.5 Å². The Labute approximate surface area is 190 Å². The first-order valence-electron chi connectivity index (χ1n) is 10.4. The van der Waals surface area contributed by atoms with Gasteiger partial charge in [-0.1, -0.05) is 12.1 Å². The summed E-state index contributed by atoms with van der Waals surface area (Å²) < 4.78 is 21.3. The molecule has 0 saturated carbocycles. The molecule has 32 heavy (non-hydrogen) atoms. The maximum atomic E-state index is 9.85. The van der Waals surface area contributed by atoms with Crippen LogP contribution in [0.4, 0.5) is 0 Å². The van der Waals surface area contributed by atoms with Gasteiger partial charge in [0, 0.05) is 6.54 Å². The first-order chi connectivity index (χ1) is 15.5. The van der Waals surface area contributed by atoms with Gasteiger partial charge in [0.15, 0.2) is 28.4 Å². The standard InChI is InChI=1S/C25H31N3O4/c1-28(14-11-19-7-9-21(29-2)23(15-19)31-4)13-6-12-25(17-26,18-27)20-8-10-22(30-3)24(16-20)32-5/h7-10,15-16H,6,11-14H2,1-5H3. The van der Waals surface area contributed by atoms with E-state index in [1.807, 2.05) is 25.2 Å². The Morgan fingerprint density at radius 3 is 1.91 bits per heavy atom. The lowest BCUT2D eigenvalue weighted by atomic mass is 9.79. The number of ether oxygens (including phenoxy) is 4. The van der Waals surface area contributed by atoms with Crippen LogP contribution in [0.3, 0.4) is 0 Å². The summed E-state index contributed by atoms with van der Waals surface area (Å²) in [6, 6.07) is 15.6. The van der Waals surface area contributed by atoms with Gasteiger partial charge in [-0.25, -0.2) is 0 Å². The zero-order chi connectivity index (χ0) is 23.6. The molecule has 2 rings (SSSR count). The van der Waals surface area contributed by atoms with Crippen molar-refractivity contribution in [3.8, 4) is 35.1 Å².